The minimum atomic E-state index is -1.07. The first kappa shape index (κ1) is 24.6. The first-order chi connectivity index (χ1) is 17.9. The van der Waals surface area contributed by atoms with Gasteiger partial charge in [-0.1, -0.05) is 0 Å². The number of hydrogen-bond acceptors (Lipinski definition) is 8. The number of nitrogens with one attached hydrogen (secondary N) is 2. The largest absolute Gasteiger partial charge is 0.488 e. The lowest BCUT2D eigenvalue weighted by Gasteiger charge is -2.35. The van der Waals surface area contributed by atoms with E-state index in [2.05, 4.69) is 31.6 Å². The molecule has 2 aliphatic heterocycles. The van der Waals surface area contributed by atoms with Crippen molar-refractivity contribution < 1.29 is 17.9 Å². The average molecular weight is 510 g/mol. The maximum absolute atomic E-state index is 14.9. The molecule has 0 unspecified atom stereocenters. The molecular weight excluding hydrogens is 483 g/mol. The highest BCUT2D eigenvalue weighted by atomic mass is 19.2. The quantitative estimate of drug-likeness (QED) is 0.529. The van der Waals surface area contributed by atoms with Crippen molar-refractivity contribution >= 4 is 23.0 Å². The van der Waals surface area contributed by atoms with E-state index in [-0.39, 0.29) is 34.6 Å². The molecule has 37 heavy (non-hydrogen) atoms. The Morgan fingerprint density at radius 1 is 1.08 bits per heavy atom. The van der Waals surface area contributed by atoms with Gasteiger partial charge in [0.2, 0.25) is 5.95 Å². The predicted molar refractivity (Wildman–Crippen MR) is 135 cm³/mol. The fourth-order valence-electron chi connectivity index (χ4n) is 4.64. The number of nitriles is 1. The summed E-state index contributed by atoms with van der Waals surface area (Å²) in [6.45, 7) is 7.59. The molecule has 1 aromatic heterocycles. The van der Waals surface area contributed by atoms with Crippen LogP contribution in [0.1, 0.15) is 19.4 Å². The Hall–Kier alpha value is -4.04. The number of fused-ring (bicyclic) bond motifs is 1. The normalized spacial score (nSPS) is 15.3. The van der Waals surface area contributed by atoms with Gasteiger partial charge in [-0.25, -0.2) is 23.1 Å². The van der Waals surface area contributed by atoms with Crippen LogP contribution in [0.3, 0.4) is 0 Å². The van der Waals surface area contributed by atoms with Crippen LogP contribution in [0.25, 0.3) is 11.3 Å². The number of piperazine rings is 1. The monoisotopic (exact) mass is 509 g/mol. The molecule has 2 aliphatic rings. The Morgan fingerprint density at radius 3 is 2.59 bits per heavy atom. The summed E-state index contributed by atoms with van der Waals surface area (Å²) in [5.41, 5.74) is 1.19. The minimum absolute atomic E-state index is 0.0793. The van der Waals surface area contributed by atoms with Gasteiger partial charge in [0.1, 0.15) is 18.4 Å². The zero-order valence-electron chi connectivity index (χ0n) is 20.5. The first-order valence-corrected chi connectivity index (χ1v) is 12.1. The highest BCUT2D eigenvalue weighted by Gasteiger charge is 2.26. The summed E-state index contributed by atoms with van der Waals surface area (Å²) < 4.78 is 50.5. The molecule has 3 heterocycles. The number of benzene rings is 2. The number of rotatable bonds is 5. The standard InChI is InChI=1S/C26H26F3N7O/c1-15(2)36-9-10-37-25-17(13-30)11-16(12-21(25)36)24-18(27)14-32-26(34-24)33-19-3-4-20(23(29)22(19)28)35-7-5-31-6-8-35/h3-4,11-12,14-15,31H,5-10H2,1-2H3,(H,32,33,34). The number of hydrogen-bond donors (Lipinski definition) is 2. The molecule has 0 radical (unpaired) electrons. The number of halogens is 3. The van der Waals surface area contributed by atoms with E-state index < -0.39 is 17.5 Å². The van der Waals surface area contributed by atoms with Crippen LogP contribution in [0.5, 0.6) is 5.75 Å². The molecule has 11 heteroatoms. The molecule has 2 aromatic carbocycles. The number of anilines is 4. The van der Waals surface area contributed by atoms with E-state index in [0.29, 0.717) is 56.3 Å². The van der Waals surface area contributed by atoms with Gasteiger partial charge in [-0.05, 0) is 38.1 Å². The summed E-state index contributed by atoms with van der Waals surface area (Å²) in [6, 6.07) is 8.36. The van der Waals surface area contributed by atoms with Crippen LogP contribution in [-0.4, -0.2) is 55.3 Å². The van der Waals surface area contributed by atoms with Gasteiger partial charge in [-0.3, -0.25) is 0 Å². The van der Waals surface area contributed by atoms with E-state index in [9.17, 15) is 18.4 Å². The number of nitrogens with zero attached hydrogens (tertiary/aromatic N) is 5. The molecule has 1 fully saturated rings. The lowest BCUT2D eigenvalue weighted by Crippen LogP contribution is -2.44. The fourth-order valence-corrected chi connectivity index (χ4v) is 4.64. The Bertz CT molecular complexity index is 1370. The van der Waals surface area contributed by atoms with Crippen LogP contribution < -0.4 is 25.2 Å². The maximum Gasteiger partial charge on any atom is 0.228 e. The van der Waals surface area contributed by atoms with Crippen LogP contribution in [0, 0.1) is 28.8 Å². The van der Waals surface area contributed by atoms with E-state index in [4.69, 9.17) is 4.74 Å². The molecule has 0 atom stereocenters. The molecule has 0 spiro atoms. The average Bonchev–Trinajstić information content (AvgIpc) is 2.91. The number of ether oxygens (including phenoxy) is 1. The fraction of sp³-hybridized carbons (Fsp3) is 0.346. The lowest BCUT2D eigenvalue weighted by atomic mass is 10.0. The van der Waals surface area contributed by atoms with E-state index in [1.54, 1.807) is 11.0 Å². The second-order valence-electron chi connectivity index (χ2n) is 9.13. The van der Waals surface area contributed by atoms with Gasteiger partial charge < -0.3 is 25.2 Å². The summed E-state index contributed by atoms with van der Waals surface area (Å²) in [5, 5.41) is 15.5. The van der Waals surface area contributed by atoms with Crippen molar-refractivity contribution in [3.05, 3.63) is 53.5 Å². The molecule has 1 saturated heterocycles. The third-order valence-electron chi connectivity index (χ3n) is 6.48. The molecule has 5 rings (SSSR count). The smallest absolute Gasteiger partial charge is 0.228 e. The van der Waals surface area contributed by atoms with Crippen molar-refractivity contribution in [2.75, 3.05) is 54.4 Å². The summed E-state index contributed by atoms with van der Waals surface area (Å²) in [5.74, 6) is -2.44. The molecule has 0 saturated carbocycles. The molecule has 0 amide bonds. The summed E-state index contributed by atoms with van der Waals surface area (Å²) in [4.78, 5) is 12.0. The Labute approximate surface area is 212 Å². The third kappa shape index (κ3) is 4.72. The Kier molecular flexibility index (Phi) is 6.76. The first-order valence-electron chi connectivity index (χ1n) is 12.1. The van der Waals surface area contributed by atoms with Crippen LogP contribution in [0.15, 0.2) is 30.5 Å². The summed E-state index contributed by atoms with van der Waals surface area (Å²) in [7, 11) is 0. The van der Waals surface area contributed by atoms with Crippen molar-refractivity contribution in [2.24, 2.45) is 0 Å². The molecule has 3 aromatic rings. The van der Waals surface area contributed by atoms with Gasteiger partial charge in [0.15, 0.2) is 23.2 Å². The van der Waals surface area contributed by atoms with Gasteiger partial charge in [-0.2, -0.15) is 5.26 Å². The van der Waals surface area contributed by atoms with E-state index in [0.717, 1.165) is 6.20 Å². The molecule has 0 aliphatic carbocycles. The van der Waals surface area contributed by atoms with Crippen molar-refractivity contribution in [2.45, 2.75) is 19.9 Å². The van der Waals surface area contributed by atoms with Gasteiger partial charge in [0, 0.05) is 37.8 Å². The van der Waals surface area contributed by atoms with Crippen molar-refractivity contribution in [1.29, 1.82) is 5.26 Å². The van der Waals surface area contributed by atoms with Crippen molar-refractivity contribution in [3.8, 4) is 23.1 Å². The zero-order chi connectivity index (χ0) is 26.1. The Morgan fingerprint density at radius 2 is 1.86 bits per heavy atom. The molecule has 0 bridgehead atoms. The van der Waals surface area contributed by atoms with Crippen LogP contribution in [-0.2, 0) is 0 Å². The SMILES string of the molecule is CC(C)N1CCOc2c(C#N)cc(-c3nc(Nc4ccc(N5CCNCC5)c(F)c4F)ncc3F)cc21. The van der Waals surface area contributed by atoms with E-state index >= 15 is 0 Å². The summed E-state index contributed by atoms with van der Waals surface area (Å²) in [6.07, 6.45) is 0.955. The van der Waals surface area contributed by atoms with Gasteiger partial charge in [0.25, 0.3) is 0 Å². The van der Waals surface area contributed by atoms with Crippen molar-refractivity contribution in [3.63, 3.8) is 0 Å². The lowest BCUT2D eigenvalue weighted by molar-refractivity contribution is 0.302. The zero-order valence-corrected chi connectivity index (χ0v) is 20.5. The highest BCUT2D eigenvalue weighted by molar-refractivity contribution is 5.77. The van der Waals surface area contributed by atoms with Gasteiger partial charge >= 0.3 is 0 Å². The van der Waals surface area contributed by atoms with Crippen LogP contribution in [0.2, 0.25) is 0 Å². The van der Waals surface area contributed by atoms with E-state index in [1.165, 1.54) is 18.2 Å². The third-order valence-corrected chi connectivity index (χ3v) is 6.48. The maximum atomic E-state index is 14.9. The molecular formula is C26H26F3N7O. The molecule has 2 N–H and O–H groups in total. The van der Waals surface area contributed by atoms with Crippen LogP contribution in [0.4, 0.5) is 36.2 Å². The second kappa shape index (κ2) is 10.1. The van der Waals surface area contributed by atoms with Gasteiger partial charge in [0.05, 0.1) is 35.4 Å². The Balaban J connectivity index is 1.49. The number of aromatic nitrogens is 2. The predicted octanol–water partition coefficient (Wildman–Crippen LogP) is 4.19. The van der Waals surface area contributed by atoms with E-state index in [1.807, 2.05) is 13.8 Å². The second-order valence-corrected chi connectivity index (χ2v) is 9.13. The molecule has 8 nitrogen and oxygen atoms in total. The summed E-state index contributed by atoms with van der Waals surface area (Å²) >= 11 is 0. The van der Waals surface area contributed by atoms with Gasteiger partial charge in [-0.15, -0.1) is 0 Å². The van der Waals surface area contributed by atoms with Crippen LogP contribution >= 0.6 is 0 Å². The minimum Gasteiger partial charge on any atom is -0.488 e. The highest BCUT2D eigenvalue weighted by Crippen LogP contribution is 2.40. The molecule has 192 valence electrons. The van der Waals surface area contributed by atoms with Crippen molar-refractivity contribution in [1.82, 2.24) is 15.3 Å². The topological polar surface area (TPSA) is 89.3 Å².